The number of thioether (sulfide) groups is 1. The van der Waals surface area contributed by atoms with E-state index in [1.807, 2.05) is 49.4 Å². The van der Waals surface area contributed by atoms with Gasteiger partial charge in [0.1, 0.15) is 12.1 Å². The van der Waals surface area contributed by atoms with Crippen LogP contribution in [0.25, 0.3) is 10.8 Å². The first-order valence-corrected chi connectivity index (χ1v) is 12.8. The standard InChI is InChI=1S/C25H34N4O4S/c1-2-33-16-34-15-20(26)25(32)29-12-6-5-9-22(29)24(31)28-21(23(27)30)14-17-10-11-18-7-3-4-8-19(18)13-17/h3-4,7-8,10-11,13,20-22H,2,5-6,9,12,14-16,26H2,1H3,(H2,27,30)(H,28,31)/t20-,21-,22-/m0/s1. The molecule has 0 aliphatic carbocycles. The van der Waals surface area contributed by atoms with E-state index in [9.17, 15) is 14.4 Å². The van der Waals surface area contributed by atoms with Crippen molar-refractivity contribution in [1.29, 1.82) is 0 Å². The monoisotopic (exact) mass is 486 g/mol. The SMILES string of the molecule is CCOCSC[C@H](N)C(=O)N1CCCC[C@H]1C(=O)N[C@@H](Cc1ccc2ccccc2c1)C(N)=O. The number of hydrogen-bond acceptors (Lipinski definition) is 6. The Balaban J connectivity index is 1.65. The summed E-state index contributed by atoms with van der Waals surface area (Å²) in [6.45, 7) is 2.97. The summed E-state index contributed by atoms with van der Waals surface area (Å²) in [5.41, 5.74) is 12.6. The van der Waals surface area contributed by atoms with E-state index in [2.05, 4.69) is 5.32 Å². The molecule has 0 spiro atoms. The van der Waals surface area contributed by atoms with Gasteiger partial charge in [-0.05, 0) is 42.5 Å². The highest BCUT2D eigenvalue weighted by atomic mass is 32.2. The molecule has 0 radical (unpaired) electrons. The molecular formula is C25H34N4O4S. The van der Waals surface area contributed by atoms with E-state index >= 15 is 0 Å². The minimum atomic E-state index is -0.872. The normalized spacial score (nSPS) is 17.8. The fourth-order valence-electron chi connectivity index (χ4n) is 4.16. The number of carbonyl (C=O) groups excluding carboxylic acids is 3. The number of piperidine rings is 1. The number of rotatable bonds is 11. The molecule has 1 aliphatic rings. The smallest absolute Gasteiger partial charge is 0.243 e. The molecule has 9 heteroatoms. The molecule has 0 bridgehead atoms. The van der Waals surface area contributed by atoms with Crippen molar-refractivity contribution in [3.8, 4) is 0 Å². The largest absolute Gasteiger partial charge is 0.371 e. The van der Waals surface area contributed by atoms with Crippen LogP contribution in [0.2, 0.25) is 0 Å². The number of carbonyl (C=O) groups is 3. The van der Waals surface area contributed by atoms with Gasteiger partial charge in [-0.3, -0.25) is 14.4 Å². The van der Waals surface area contributed by atoms with Crippen LogP contribution < -0.4 is 16.8 Å². The Bertz CT molecular complexity index is 1000. The van der Waals surface area contributed by atoms with Gasteiger partial charge in [0, 0.05) is 25.3 Å². The number of likely N-dealkylation sites (tertiary alicyclic amines) is 1. The molecule has 184 valence electrons. The van der Waals surface area contributed by atoms with Crippen LogP contribution in [0.1, 0.15) is 31.7 Å². The second-order valence-electron chi connectivity index (χ2n) is 8.48. The summed E-state index contributed by atoms with van der Waals surface area (Å²) in [5.74, 6) is -0.355. The van der Waals surface area contributed by atoms with E-state index in [1.54, 1.807) is 4.90 Å². The van der Waals surface area contributed by atoms with Gasteiger partial charge < -0.3 is 26.4 Å². The van der Waals surface area contributed by atoms with Gasteiger partial charge in [0.2, 0.25) is 17.7 Å². The minimum Gasteiger partial charge on any atom is -0.371 e. The fourth-order valence-corrected chi connectivity index (χ4v) is 4.94. The Morgan fingerprint density at radius 1 is 1.18 bits per heavy atom. The van der Waals surface area contributed by atoms with E-state index in [-0.39, 0.29) is 18.2 Å². The number of amides is 3. The predicted octanol–water partition coefficient (Wildman–Crippen LogP) is 1.79. The van der Waals surface area contributed by atoms with E-state index in [0.29, 0.717) is 31.3 Å². The summed E-state index contributed by atoms with van der Waals surface area (Å²) >= 11 is 1.45. The molecule has 1 aliphatic heterocycles. The summed E-state index contributed by atoms with van der Waals surface area (Å²) in [6.07, 6.45) is 2.44. The van der Waals surface area contributed by atoms with Gasteiger partial charge in [-0.25, -0.2) is 0 Å². The van der Waals surface area contributed by atoms with E-state index in [4.69, 9.17) is 16.2 Å². The number of nitrogens with one attached hydrogen (secondary N) is 1. The summed E-state index contributed by atoms with van der Waals surface area (Å²) < 4.78 is 5.28. The van der Waals surface area contributed by atoms with Crippen LogP contribution in [0.3, 0.4) is 0 Å². The molecule has 2 aromatic carbocycles. The highest BCUT2D eigenvalue weighted by molar-refractivity contribution is 7.99. The lowest BCUT2D eigenvalue weighted by Crippen LogP contribution is -2.59. The number of benzene rings is 2. The van der Waals surface area contributed by atoms with Crippen LogP contribution in [0.5, 0.6) is 0 Å². The average molecular weight is 487 g/mol. The van der Waals surface area contributed by atoms with E-state index in [1.165, 1.54) is 11.8 Å². The van der Waals surface area contributed by atoms with Gasteiger partial charge >= 0.3 is 0 Å². The molecular weight excluding hydrogens is 452 g/mol. The topological polar surface area (TPSA) is 128 Å². The van der Waals surface area contributed by atoms with Gasteiger partial charge in [-0.1, -0.05) is 42.5 Å². The molecule has 1 heterocycles. The Kier molecular flexibility index (Phi) is 9.74. The average Bonchev–Trinajstić information content (AvgIpc) is 2.85. The predicted molar refractivity (Wildman–Crippen MR) is 135 cm³/mol. The first-order valence-electron chi connectivity index (χ1n) is 11.7. The van der Waals surface area contributed by atoms with E-state index < -0.39 is 24.0 Å². The number of hydrogen-bond donors (Lipinski definition) is 3. The van der Waals surface area contributed by atoms with Crippen LogP contribution in [0, 0.1) is 0 Å². The maximum atomic E-state index is 13.2. The molecule has 5 N–H and O–H groups in total. The van der Waals surface area contributed by atoms with Crippen molar-refractivity contribution >= 4 is 40.3 Å². The van der Waals surface area contributed by atoms with Crippen LogP contribution >= 0.6 is 11.8 Å². The zero-order valence-corrected chi connectivity index (χ0v) is 20.4. The van der Waals surface area contributed by atoms with Crippen molar-refractivity contribution in [2.45, 2.75) is 50.7 Å². The molecule has 1 fully saturated rings. The Labute approximate surface area is 204 Å². The first kappa shape index (κ1) is 26.0. The minimum absolute atomic E-state index is 0.256. The third-order valence-electron chi connectivity index (χ3n) is 5.99. The van der Waals surface area contributed by atoms with Crippen molar-refractivity contribution in [2.75, 3.05) is 24.8 Å². The third-order valence-corrected chi connectivity index (χ3v) is 6.92. The zero-order chi connectivity index (χ0) is 24.5. The number of nitrogens with two attached hydrogens (primary N) is 2. The Morgan fingerprint density at radius 3 is 2.68 bits per heavy atom. The quantitative estimate of drug-likeness (QED) is 0.328. The molecule has 0 saturated carbocycles. The second kappa shape index (κ2) is 12.7. The lowest BCUT2D eigenvalue weighted by Gasteiger charge is -2.36. The molecule has 1 saturated heterocycles. The summed E-state index contributed by atoms with van der Waals surface area (Å²) in [7, 11) is 0. The number of ether oxygens (including phenoxy) is 1. The zero-order valence-electron chi connectivity index (χ0n) is 19.6. The van der Waals surface area contributed by atoms with Crippen molar-refractivity contribution in [3.05, 3.63) is 48.0 Å². The van der Waals surface area contributed by atoms with Crippen LogP contribution in [-0.4, -0.2) is 65.6 Å². The lowest BCUT2D eigenvalue weighted by molar-refractivity contribution is -0.143. The maximum absolute atomic E-state index is 13.2. The molecule has 2 aromatic rings. The third kappa shape index (κ3) is 6.94. The Morgan fingerprint density at radius 2 is 1.94 bits per heavy atom. The molecule has 8 nitrogen and oxygen atoms in total. The fraction of sp³-hybridized carbons (Fsp3) is 0.480. The summed E-state index contributed by atoms with van der Waals surface area (Å²) in [5, 5.41) is 4.94. The van der Waals surface area contributed by atoms with Gasteiger partial charge in [0.05, 0.1) is 12.0 Å². The van der Waals surface area contributed by atoms with E-state index in [0.717, 1.165) is 29.2 Å². The van der Waals surface area contributed by atoms with Gasteiger partial charge in [-0.15, -0.1) is 11.8 Å². The number of nitrogens with zero attached hydrogens (tertiary/aromatic N) is 1. The van der Waals surface area contributed by atoms with Crippen LogP contribution in [-0.2, 0) is 25.5 Å². The number of primary amides is 1. The highest BCUT2D eigenvalue weighted by Gasteiger charge is 2.35. The molecule has 34 heavy (non-hydrogen) atoms. The van der Waals surface area contributed by atoms with Crippen molar-refractivity contribution in [3.63, 3.8) is 0 Å². The molecule has 3 amide bonds. The molecule has 3 atom stereocenters. The van der Waals surface area contributed by atoms with Crippen LogP contribution in [0.4, 0.5) is 0 Å². The van der Waals surface area contributed by atoms with Crippen LogP contribution in [0.15, 0.2) is 42.5 Å². The Hall–Kier alpha value is -2.62. The second-order valence-corrected chi connectivity index (χ2v) is 9.46. The van der Waals surface area contributed by atoms with Gasteiger partial charge in [0.25, 0.3) is 0 Å². The summed E-state index contributed by atoms with van der Waals surface area (Å²) in [6, 6.07) is 11.6. The van der Waals surface area contributed by atoms with Crippen molar-refractivity contribution in [1.82, 2.24) is 10.2 Å². The molecule has 3 rings (SSSR count). The summed E-state index contributed by atoms with van der Waals surface area (Å²) in [4.78, 5) is 39.9. The lowest BCUT2D eigenvalue weighted by atomic mass is 9.98. The molecule has 0 unspecified atom stereocenters. The van der Waals surface area contributed by atoms with Gasteiger partial charge in [-0.2, -0.15) is 0 Å². The highest BCUT2D eigenvalue weighted by Crippen LogP contribution is 2.20. The molecule has 0 aromatic heterocycles. The van der Waals surface area contributed by atoms with Gasteiger partial charge in [0.15, 0.2) is 0 Å². The first-order chi connectivity index (χ1) is 16.4. The maximum Gasteiger partial charge on any atom is 0.243 e. The van der Waals surface area contributed by atoms with Crippen molar-refractivity contribution in [2.24, 2.45) is 11.5 Å². The number of fused-ring (bicyclic) bond motifs is 1. The van der Waals surface area contributed by atoms with Crippen molar-refractivity contribution < 1.29 is 19.1 Å².